The normalized spacial score (nSPS) is 11.6. The number of amides is 1. The Bertz CT molecular complexity index is 184. The van der Waals surface area contributed by atoms with Gasteiger partial charge in [-0.05, 0) is 25.6 Å². The number of likely N-dealkylation sites (N-methyl/N-ethyl adjacent to an activating group) is 1. The van der Waals surface area contributed by atoms with Crippen molar-refractivity contribution in [3.63, 3.8) is 0 Å². The molecule has 0 aromatic rings. The molecule has 0 saturated heterocycles. The van der Waals surface area contributed by atoms with E-state index in [1.54, 1.807) is 14.0 Å². The molecule has 1 unspecified atom stereocenters. The third-order valence-electron chi connectivity index (χ3n) is 1.52. The fourth-order valence-corrected chi connectivity index (χ4v) is 1.05. The topological polar surface area (TPSA) is 53.2 Å². The van der Waals surface area contributed by atoms with Crippen LogP contribution in [0.4, 0.5) is 0 Å². The number of hydrogen-bond donors (Lipinski definition) is 3. The number of hydrogen-bond acceptors (Lipinski definition) is 2. The second-order valence-electron chi connectivity index (χ2n) is 2.74. The van der Waals surface area contributed by atoms with Crippen molar-refractivity contribution in [3.8, 4) is 0 Å². The van der Waals surface area contributed by atoms with Gasteiger partial charge < -0.3 is 16.0 Å². The second-order valence-corrected chi connectivity index (χ2v) is 3.14. The van der Waals surface area contributed by atoms with E-state index in [1.807, 2.05) is 0 Å². The second kappa shape index (κ2) is 6.65. The smallest absolute Gasteiger partial charge is 0.242 e. The van der Waals surface area contributed by atoms with Gasteiger partial charge in [0, 0.05) is 13.6 Å². The Balaban J connectivity index is 3.71. The molecule has 0 aliphatic heterocycles. The van der Waals surface area contributed by atoms with Crippen LogP contribution in [0.25, 0.3) is 0 Å². The summed E-state index contributed by atoms with van der Waals surface area (Å²) in [5, 5.41) is 8.92. The predicted octanol–water partition coefficient (Wildman–Crippen LogP) is -0.00500. The lowest BCUT2D eigenvalue weighted by molar-refractivity contribution is -0.121. The van der Waals surface area contributed by atoms with Crippen LogP contribution in [-0.4, -0.2) is 30.7 Å². The minimum atomic E-state index is -0.290. The molecule has 0 aliphatic carbocycles. The Morgan fingerprint density at radius 3 is 2.62 bits per heavy atom. The summed E-state index contributed by atoms with van der Waals surface area (Å²) >= 11 is 4.96. The molecule has 0 bridgehead atoms. The van der Waals surface area contributed by atoms with E-state index >= 15 is 0 Å². The van der Waals surface area contributed by atoms with E-state index in [0.717, 1.165) is 13.0 Å². The summed E-state index contributed by atoms with van der Waals surface area (Å²) in [5.74, 6) is -0.0688. The van der Waals surface area contributed by atoms with Crippen molar-refractivity contribution >= 4 is 23.2 Å². The van der Waals surface area contributed by atoms with Crippen molar-refractivity contribution in [3.05, 3.63) is 0 Å². The van der Waals surface area contributed by atoms with Crippen LogP contribution in [0, 0.1) is 0 Å². The van der Waals surface area contributed by atoms with Crippen LogP contribution in [0.2, 0.25) is 0 Å². The number of thiocarbonyl (C=S) groups is 1. The van der Waals surface area contributed by atoms with Crippen LogP contribution in [0.3, 0.4) is 0 Å². The van der Waals surface area contributed by atoms with E-state index in [-0.39, 0.29) is 11.9 Å². The first kappa shape index (κ1) is 12.2. The molecule has 5 heteroatoms. The number of rotatable bonds is 4. The summed E-state index contributed by atoms with van der Waals surface area (Å²) in [6, 6.07) is -0.290. The fourth-order valence-electron chi connectivity index (χ4n) is 0.768. The van der Waals surface area contributed by atoms with Gasteiger partial charge in [-0.15, -0.1) is 0 Å². The first-order valence-electron chi connectivity index (χ1n) is 4.37. The third kappa shape index (κ3) is 5.41. The van der Waals surface area contributed by atoms with E-state index < -0.39 is 0 Å². The number of nitrogens with one attached hydrogen (secondary N) is 3. The molecule has 1 atom stereocenters. The van der Waals surface area contributed by atoms with Gasteiger partial charge >= 0.3 is 0 Å². The standard InChI is InChI=1S/C8H17N3OS/c1-4-5-10-8(13)11-6(2)7(12)9-3/h6H,4-5H2,1-3H3,(H,9,12)(H2,10,11,13). The Morgan fingerprint density at radius 2 is 2.15 bits per heavy atom. The van der Waals surface area contributed by atoms with Crippen molar-refractivity contribution in [2.45, 2.75) is 26.3 Å². The van der Waals surface area contributed by atoms with Gasteiger partial charge in [0.25, 0.3) is 0 Å². The number of carbonyl (C=O) groups is 1. The van der Waals surface area contributed by atoms with Crippen molar-refractivity contribution < 1.29 is 4.79 Å². The lowest BCUT2D eigenvalue weighted by Gasteiger charge is -2.14. The van der Waals surface area contributed by atoms with Gasteiger partial charge in [-0.2, -0.15) is 0 Å². The van der Waals surface area contributed by atoms with Crippen molar-refractivity contribution in [2.75, 3.05) is 13.6 Å². The molecule has 0 heterocycles. The SMILES string of the molecule is CCCNC(=S)NC(C)C(=O)NC. The van der Waals surface area contributed by atoms with Crippen molar-refractivity contribution in [2.24, 2.45) is 0 Å². The molecule has 13 heavy (non-hydrogen) atoms. The zero-order valence-electron chi connectivity index (χ0n) is 8.31. The van der Waals surface area contributed by atoms with E-state index in [1.165, 1.54) is 0 Å². The molecule has 4 nitrogen and oxygen atoms in total. The molecule has 1 amide bonds. The molecule has 0 saturated carbocycles. The van der Waals surface area contributed by atoms with Crippen LogP contribution < -0.4 is 16.0 Å². The highest BCUT2D eigenvalue weighted by Crippen LogP contribution is 1.81. The molecular weight excluding hydrogens is 186 g/mol. The highest BCUT2D eigenvalue weighted by Gasteiger charge is 2.10. The average Bonchev–Trinajstić information content (AvgIpc) is 2.13. The van der Waals surface area contributed by atoms with Gasteiger partial charge in [0.2, 0.25) is 5.91 Å². The quantitative estimate of drug-likeness (QED) is 0.563. The minimum absolute atomic E-state index is 0.0688. The monoisotopic (exact) mass is 203 g/mol. The first-order chi connectivity index (χ1) is 6.11. The largest absolute Gasteiger partial charge is 0.363 e. The molecule has 0 rings (SSSR count). The van der Waals surface area contributed by atoms with E-state index in [2.05, 4.69) is 22.9 Å². The lowest BCUT2D eigenvalue weighted by atomic mass is 10.3. The zero-order valence-corrected chi connectivity index (χ0v) is 9.12. The zero-order chi connectivity index (χ0) is 10.3. The van der Waals surface area contributed by atoms with E-state index in [0.29, 0.717) is 5.11 Å². The van der Waals surface area contributed by atoms with Crippen LogP contribution in [0.15, 0.2) is 0 Å². The van der Waals surface area contributed by atoms with E-state index in [4.69, 9.17) is 12.2 Å². The molecular formula is C8H17N3OS. The molecule has 0 fully saturated rings. The molecule has 3 N–H and O–H groups in total. The molecule has 0 aromatic heterocycles. The Kier molecular flexibility index (Phi) is 6.22. The van der Waals surface area contributed by atoms with Gasteiger partial charge in [-0.1, -0.05) is 6.92 Å². The lowest BCUT2D eigenvalue weighted by Crippen LogP contribution is -2.47. The van der Waals surface area contributed by atoms with Gasteiger partial charge in [-0.3, -0.25) is 4.79 Å². The summed E-state index contributed by atoms with van der Waals surface area (Å²) in [6.07, 6.45) is 1.01. The van der Waals surface area contributed by atoms with Crippen LogP contribution in [0.5, 0.6) is 0 Å². The fraction of sp³-hybridized carbons (Fsp3) is 0.750. The summed E-state index contributed by atoms with van der Waals surface area (Å²) in [6.45, 7) is 4.64. The predicted molar refractivity (Wildman–Crippen MR) is 57.6 cm³/mol. The highest BCUT2D eigenvalue weighted by atomic mass is 32.1. The first-order valence-corrected chi connectivity index (χ1v) is 4.78. The average molecular weight is 203 g/mol. The van der Waals surface area contributed by atoms with Crippen LogP contribution >= 0.6 is 12.2 Å². The van der Waals surface area contributed by atoms with Crippen LogP contribution in [-0.2, 0) is 4.79 Å². The maximum Gasteiger partial charge on any atom is 0.242 e. The van der Waals surface area contributed by atoms with Crippen molar-refractivity contribution in [1.82, 2.24) is 16.0 Å². The summed E-state index contributed by atoms with van der Waals surface area (Å²) in [4.78, 5) is 11.1. The van der Waals surface area contributed by atoms with Gasteiger partial charge in [0.15, 0.2) is 5.11 Å². The van der Waals surface area contributed by atoms with Crippen LogP contribution in [0.1, 0.15) is 20.3 Å². The summed E-state index contributed by atoms with van der Waals surface area (Å²) in [5.41, 5.74) is 0. The Labute approximate surface area is 84.5 Å². The molecule has 0 radical (unpaired) electrons. The van der Waals surface area contributed by atoms with Gasteiger partial charge in [-0.25, -0.2) is 0 Å². The Hall–Kier alpha value is -0.840. The third-order valence-corrected chi connectivity index (χ3v) is 1.79. The highest BCUT2D eigenvalue weighted by molar-refractivity contribution is 7.80. The maximum atomic E-state index is 11.1. The summed E-state index contributed by atoms with van der Waals surface area (Å²) < 4.78 is 0. The maximum absolute atomic E-state index is 11.1. The molecule has 0 aliphatic rings. The molecule has 76 valence electrons. The molecule has 0 aromatic carbocycles. The minimum Gasteiger partial charge on any atom is -0.363 e. The van der Waals surface area contributed by atoms with Gasteiger partial charge in [0.05, 0.1) is 0 Å². The Morgan fingerprint density at radius 1 is 1.54 bits per heavy atom. The van der Waals surface area contributed by atoms with E-state index in [9.17, 15) is 4.79 Å². The van der Waals surface area contributed by atoms with Crippen molar-refractivity contribution in [1.29, 1.82) is 0 Å². The van der Waals surface area contributed by atoms with Gasteiger partial charge in [0.1, 0.15) is 6.04 Å². The number of carbonyl (C=O) groups excluding carboxylic acids is 1. The summed E-state index contributed by atoms with van der Waals surface area (Å²) in [7, 11) is 1.60. The molecule has 0 spiro atoms.